The Kier molecular flexibility index (Phi) is 5.15. The molecule has 1 heteroatoms. The van der Waals surface area contributed by atoms with Crippen LogP contribution in [-0.2, 0) is 0 Å². The van der Waals surface area contributed by atoms with Gasteiger partial charge in [0.15, 0.2) is 0 Å². The van der Waals surface area contributed by atoms with Crippen molar-refractivity contribution in [1.29, 1.82) is 0 Å². The lowest BCUT2D eigenvalue weighted by atomic mass is 9.89. The Hall–Kier alpha value is -0.0400. The summed E-state index contributed by atoms with van der Waals surface area (Å²) in [4.78, 5) is 2.90. The van der Waals surface area contributed by atoms with E-state index in [1.54, 1.807) is 0 Å². The Morgan fingerprint density at radius 3 is 2.44 bits per heavy atom. The molecule has 0 bridgehead atoms. The van der Waals surface area contributed by atoms with E-state index in [0.29, 0.717) is 0 Å². The second kappa shape index (κ2) is 6.64. The maximum absolute atomic E-state index is 2.90. The van der Waals surface area contributed by atoms with Crippen LogP contribution < -0.4 is 0 Å². The topological polar surface area (TPSA) is 3.24 Å². The van der Waals surface area contributed by atoms with Gasteiger partial charge in [-0.05, 0) is 38.6 Å². The van der Waals surface area contributed by atoms with Gasteiger partial charge >= 0.3 is 0 Å². The molecule has 2 aliphatic rings. The van der Waals surface area contributed by atoms with E-state index in [0.717, 1.165) is 12.1 Å². The van der Waals surface area contributed by atoms with Gasteiger partial charge in [-0.1, -0.05) is 45.4 Å². The molecule has 0 aromatic rings. The standard InChI is InChI=1S/C15H29N/c1-2-3-9-14-12-7-8-13-16(14)15-10-5-4-6-11-15/h14-15H,2-13H2,1H3. The molecule has 1 unspecified atom stereocenters. The molecule has 0 N–H and O–H groups in total. The van der Waals surface area contributed by atoms with E-state index < -0.39 is 0 Å². The minimum atomic E-state index is 0.941. The fourth-order valence-corrected chi connectivity index (χ4v) is 3.67. The number of nitrogens with zero attached hydrogens (tertiary/aromatic N) is 1. The van der Waals surface area contributed by atoms with Crippen LogP contribution >= 0.6 is 0 Å². The van der Waals surface area contributed by atoms with Gasteiger partial charge in [0.05, 0.1) is 0 Å². The fourth-order valence-electron chi connectivity index (χ4n) is 3.67. The molecule has 2 rings (SSSR count). The molecule has 1 aliphatic carbocycles. The summed E-state index contributed by atoms with van der Waals surface area (Å²) >= 11 is 0. The molecule has 0 aromatic carbocycles. The van der Waals surface area contributed by atoms with Gasteiger partial charge < -0.3 is 0 Å². The molecular weight excluding hydrogens is 194 g/mol. The van der Waals surface area contributed by atoms with Gasteiger partial charge in [-0.15, -0.1) is 0 Å². The average Bonchev–Trinajstić information content (AvgIpc) is 2.38. The summed E-state index contributed by atoms with van der Waals surface area (Å²) < 4.78 is 0. The Labute approximate surface area is 102 Å². The molecule has 1 saturated heterocycles. The predicted molar refractivity (Wildman–Crippen MR) is 70.7 cm³/mol. The van der Waals surface area contributed by atoms with Gasteiger partial charge in [0, 0.05) is 12.1 Å². The van der Waals surface area contributed by atoms with Gasteiger partial charge in [-0.2, -0.15) is 0 Å². The van der Waals surface area contributed by atoms with Gasteiger partial charge in [0.25, 0.3) is 0 Å². The fraction of sp³-hybridized carbons (Fsp3) is 1.00. The third kappa shape index (κ3) is 3.23. The van der Waals surface area contributed by atoms with Crippen molar-refractivity contribution < 1.29 is 0 Å². The minimum Gasteiger partial charge on any atom is -0.297 e. The van der Waals surface area contributed by atoms with Crippen molar-refractivity contribution in [2.45, 2.75) is 89.6 Å². The summed E-state index contributed by atoms with van der Waals surface area (Å²) in [5, 5.41) is 0. The van der Waals surface area contributed by atoms with Crippen LogP contribution in [0.25, 0.3) is 0 Å². The number of rotatable bonds is 4. The quantitative estimate of drug-likeness (QED) is 0.684. The lowest BCUT2D eigenvalue weighted by molar-refractivity contribution is 0.0667. The SMILES string of the molecule is CCCCC1CCCCN1C1CCCCC1. The van der Waals surface area contributed by atoms with Gasteiger partial charge in [-0.3, -0.25) is 4.90 Å². The minimum absolute atomic E-state index is 0.941. The molecule has 0 aromatic heterocycles. The van der Waals surface area contributed by atoms with E-state index in [1.165, 1.54) is 77.2 Å². The molecule has 1 nitrogen and oxygen atoms in total. The van der Waals surface area contributed by atoms with E-state index in [1.807, 2.05) is 0 Å². The summed E-state index contributed by atoms with van der Waals surface area (Å²) in [5.41, 5.74) is 0. The molecule has 0 spiro atoms. The van der Waals surface area contributed by atoms with Crippen LogP contribution in [-0.4, -0.2) is 23.5 Å². The van der Waals surface area contributed by atoms with Crippen molar-refractivity contribution >= 4 is 0 Å². The third-order valence-corrected chi connectivity index (χ3v) is 4.61. The average molecular weight is 223 g/mol. The van der Waals surface area contributed by atoms with Crippen LogP contribution in [0, 0.1) is 0 Å². The van der Waals surface area contributed by atoms with Crippen LogP contribution in [0.15, 0.2) is 0 Å². The number of hydrogen-bond acceptors (Lipinski definition) is 1. The first-order valence-corrected chi connectivity index (χ1v) is 7.67. The normalized spacial score (nSPS) is 29.4. The van der Waals surface area contributed by atoms with Crippen molar-refractivity contribution in [2.75, 3.05) is 6.54 Å². The lowest BCUT2D eigenvalue weighted by Crippen LogP contribution is -2.47. The van der Waals surface area contributed by atoms with Crippen LogP contribution in [0.5, 0.6) is 0 Å². The number of unbranched alkanes of at least 4 members (excludes halogenated alkanes) is 1. The maximum Gasteiger partial charge on any atom is 0.00981 e. The summed E-state index contributed by atoms with van der Waals surface area (Å²) in [6, 6.07) is 1.90. The van der Waals surface area contributed by atoms with E-state index in [4.69, 9.17) is 0 Å². The van der Waals surface area contributed by atoms with Crippen LogP contribution in [0.2, 0.25) is 0 Å². The third-order valence-electron chi connectivity index (χ3n) is 4.61. The zero-order valence-electron chi connectivity index (χ0n) is 11.1. The van der Waals surface area contributed by atoms with Crippen molar-refractivity contribution in [3.05, 3.63) is 0 Å². The van der Waals surface area contributed by atoms with Crippen LogP contribution in [0.4, 0.5) is 0 Å². The summed E-state index contributed by atoms with van der Waals surface area (Å²) in [6.07, 6.45) is 16.1. The summed E-state index contributed by atoms with van der Waals surface area (Å²) in [6.45, 7) is 3.73. The van der Waals surface area contributed by atoms with Crippen molar-refractivity contribution in [3.8, 4) is 0 Å². The van der Waals surface area contributed by atoms with Crippen LogP contribution in [0.3, 0.4) is 0 Å². The zero-order valence-corrected chi connectivity index (χ0v) is 11.1. The van der Waals surface area contributed by atoms with E-state index in [9.17, 15) is 0 Å². The van der Waals surface area contributed by atoms with Crippen LogP contribution in [0.1, 0.15) is 77.6 Å². The first kappa shape index (κ1) is 12.4. The van der Waals surface area contributed by atoms with Crippen molar-refractivity contribution in [3.63, 3.8) is 0 Å². The molecule has 0 radical (unpaired) electrons. The van der Waals surface area contributed by atoms with E-state index >= 15 is 0 Å². The van der Waals surface area contributed by atoms with Crippen molar-refractivity contribution in [1.82, 2.24) is 4.90 Å². The smallest absolute Gasteiger partial charge is 0.00981 e. The highest BCUT2D eigenvalue weighted by atomic mass is 15.2. The number of likely N-dealkylation sites (tertiary alicyclic amines) is 1. The first-order valence-electron chi connectivity index (χ1n) is 7.67. The van der Waals surface area contributed by atoms with Gasteiger partial charge in [0.2, 0.25) is 0 Å². The Morgan fingerprint density at radius 2 is 1.69 bits per heavy atom. The number of hydrogen-bond donors (Lipinski definition) is 0. The monoisotopic (exact) mass is 223 g/mol. The van der Waals surface area contributed by atoms with Gasteiger partial charge in [-0.25, -0.2) is 0 Å². The first-order chi connectivity index (χ1) is 7.92. The van der Waals surface area contributed by atoms with E-state index in [2.05, 4.69) is 11.8 Å². The van der Waals surface area contributed by atoms with Gasteiger partial charge in [0.1, 0.15) is 0 Å². The Bertz CT molecular complexity index is 184. The molecule has 1 saturated carbocycles. The molecule has 0 amide bonds. The lowest BCUT2D eigenvalue weighted by Gasteiger charge is -2.43. The highest BCUT2D eigenvalue weighted by Crippen LogP contribution is 2.30. The highest BCUT2D eigenvalue weighted by molar-refractivity contribution is 4.84. The largest absolute Gasteiger partial charge is 0.297 e. The second-order valence-corrected chi connectivity index (χ2v) is 5.82. The Balaban J connectivity index is 1.86. The van der Waals surface area contributed by atoms with E-state index in [-0.39, 0.29) is 0 Å². The molecular formula is C15H29N. The molecule has 1 atom stereocenters. The molecule has 16 heavy (non-hydrogen) atoms. The maximum atomic E-state index is 2.90. The predicted octanol–water partition coefficient (Wildman–Crippen LogP) is 4.36. The van der Waals surface area contributed by atoms with Crippen molar-refractivity contribution in [2.24, 2.45) is 0 Å². The molecule has 2 fully saturated rings. The zero-order chi connectivity index (χ0) is 11.2. The second-order valence-electron chi connectivity index (χ2n) is 5.82. The number of piperidine rings is 1. The highest BCUT2D eigenvalue weighted by Gasteiger charge is 2.28. The summed E-state index contributed by atoms with van der Waals surface area (Å²) in [7, 11) is 0. The molecule has 1 heterocycles. The summed E-state index contributed by atoms with van der Waals surface area (Å²) in [5.74, 6) is 0. The molecule has 94 valence electrons. The molecule has 1 aliphatic heterocycles. The Morgan fingerprint density at radius 1 is 0.938 bits per heavy atom.